The number of esters is 1. The van der Waals surface area contributed by atoms with Crippen LogP contribution < -0.4 is 16.1 Å². The summed E-state index contributed by atoms with van der Waals surface area (Å²) in [7, 11) is -2.18. The van der Waals surface area contributed by atoms with E-state index in [1.807, 2.05) is 32.2 Å². The van der Waals surface area contributed by atoms with Gasteiger partial charge in [0.15, 0.2) is 44.0 Å². The Hall–Kier alpha value is -3.96. The number of ether oxygens (including phenoxy) is 18. The van der Waals surface area contributed by atoms with Gasteiger partial charge in [-0.25, -0.2) is 10.1 Å². The SMILES string of the molecule is C/C(=C\c1csc(CNP(=O)(O)CCN)n1)C1C[C@H]2O[C@@]2(C)CCC[C@@H](C)[C@@H](O)[C@H](C)C(=O)C(C)(C)[C@H](O)CC(=O)O1.CN[C@H](CSCC1O[C@H]2O[C@@H]3C(CO)O[C@H](O[C@@H]4C(CO)O[C@H](O[C@@H]5C(CO)O[C@H](O[C@@H]6C(CSC[C@@H](CC(=O)CCOCCOCCC(C)=O)C(=O)O)O[C@H](O[C@@H]7C(CO)O[C@@H](O[C@@H]8C(CO)O[C@@H](O[C@H]1[C@H](O)C2O)C(O)[C@H]8O)C(O)[C@H]7O)C(O)[C@H]6O)C(O)[C@H]5O)C(O)[C@H]4O)C(O)[C@H]3O)C(=O)O. The number of aliphatic carboxylic acids is 2. The van der Waals surface area contributed by atoms with Crippen LogP contribution in [0.15, 0.2) is 11.0 Å². The normalized spacial score (nSPS) is 42.0. The Morgan fingerprint density at radius 1 is 0.545 bits per heavy atom. The zero-order valence-corrected chi connectivity index (χ0v) is 84.4. The van der Waals surface area contributed by atoms with E-state index < -0.39 is 333 Å². The molecule has 0 saturated carbocycles. The van der Waals surface area contributed by atoms with E-state index in [4.69, 9.17) is 91.0 Å². The van der Waals surface area contributed by atoms with Crippen molar-refractivity contribution in [1.82, 2.24) is 15.4 Å². The van der Waals surface area contributed by atoms with Crippen molar-refractivity contribution in [2.75, 3.05) is 102 Å². The monoisotopic (exact) mass is 2170 g/mol. The fourth-order valence-electron chi connectivity index (χ4n) is 18.2. The van der Waals surface area contributed by atoms with Crippen molar-refractivity contribution in [3.8, 4) is 0 Å². The van der Waals surface area contributed by atoms with Crippen LogP contribution in [0.1, 0.15) is 111 Å². The minimum Gasteiger partial charge on any atom is -0.481 e. The van der Waals surface area contributed by atoms with Gasteiger partial charge in [-0.1, -0.05) is 34.1 Å². The predicted octanol–water partition coefficient (Wildman–Crippen LogP) is -9.61. The number of likely N-dealkylation sites (N-methyl/N-ethyl adjacent to an activating group) is 1. The van der Waals surface area contributed by atoms with Crippen LogP contribution in [0.2, 0.25) is 0 Å². The Morgan fingerprint density at radius 2 is 0.924 bits per heavy atom. The number of carbonyl (C=O) groups is 6. The zero-order chi connectivity index (χ0) is 107. The molecule has 23 aliphatic rings. The number of carbonyl (C=O) groups excluding carboxylic acids is 4. The molecule has 1 aromatic heterocycles. The molecule has 24 rings (SSSR count). The van der Waals surface area contributed by atoms with E-state index in [0.717, 1.165) is 48.4 Å². The average molecular weight is 2170 g/mol. The van der Waals surface area contributed by atoms with Crippen molar-refractivity contribution >= 4 is 83.7 Å². The van der Waals surface area contributed by atoms with Gasteiger partial charge in [-0.05, 0) is 58.2 Å². The summed E-state index contributed by atoms with van der Waals surface area (Å²) >= 11 is 3.00. The first kappa shape index (κ1) is 123. The van der Waals surface area contributed by atoms with Crippen molar-refractivity contribution in [2.45, 2.75) is 357 Å². The third-order valence-corrected chi connectivity index (χ3v) is 32.0. The molecule has 23 aliphatic heterocycles. The number of aliphatic hydroxyl groups is 21. The minimum atomic E-state index is -3.53. The van der Waals surface area contributed by atoms with E-state index in [1.165, 1.54) is 25.3 Å². The van der Waals surface area contributed by atoms with Gasteiger partial charge in [0.1, 0.15) is 193 Å². The molecule has 0 aromatic carbocycles. The highest BCUT2D eigenvalue weighted by Gasteiger charge is 2.61. The molecule has 834 valence electrons. The highest BCUT2D eigenvalue weighted by Crippen LogP contribution is 2.47. The van der Waals surface area contributed by atoms with E-state index in [1.54, 1.807) is 20.8 Å². The van der Waals surface area contributed by atoms with Gasteiger partial charge in [0.25, 0.3) is 7.52 Å². The van der Waals surface area contributed by atoms with Gasteiger partial charge in [0, 0.05) is 66.5 Å². The number of aromatic nitrogens is 1. The van der Waals surface area contributed by atoms with Crippen molar-refractivity contribution in [3.05, 3.63) is 21.7 Å². The highest BCUT2D eigenvalue weighted by atomic mass is 32.2. The van der Waals surface area contributed by atoms with Gasteiger partial charge < -0.3 is 219 Å². The molecule has 57 heteroatoms. The Labute approximate surface area is 846 Å². The van der Waals surface area contributed by atoms with E-state index in [-0.39, 0.29) is 111 Å². The molecule has 0 amide bonds. The molecule has 23 saturated heterocycles. The molecule has 0 aliphatic carbocycles. The van der Waals surface area contributed by atoms with Crippen molar-refractivity contribution in [1.29, 1.82) is 0 Å². The number of nitrogens with one attached hydrogen (secondary N) is 2. The number of Topliss-reactive ketones (excluding diaryl/α,β-unsaturated/α-hetero) is 3. The van der Waals surface area contributed by atoms with Crippen LogP contribution in [-0.2, 0) is 125 Å². The number of thioether (sulfide) groups is 2. The molecule has 24 heterocycles. The van der Waals surface area contributed by atoms with Crippen LogP contribution >= 0.6 is 42.4 Å². The van der Waals surface area contributed by atoms with E-state index in [0.29, 0.717) is 17.1 Å². The first-order chi connectivity index (χ1) is 68.5. The number of aliphatic hydroxyl groups excluding tert-OH is 21. The molecule has 0 radical (unpaired) electrons. The molecular weight excluding hydrogens is 2020 g/mol. The summed E-state index contributed by atoms with van der Waals surface area (Å²) in [6, 6.07) is -1.18. The Morgan fingerprint density at radius 3 is 1.29 bits per heavy atom. The second-order valence-corrected chi connectivity index (χ2v) is 43.7. The lowest BCUT2D eigenvalue weighted by Gasteiger charge is -2.50. The summed E-state index contributed by atoms with van der Waals surface area (Å²) in [6.07, 6.45) is -71.9. The lowest BCUT2D eigenvalue weighted by molar-refractivity contribution is -0.395. The number of hydrogen-bond donors (Lipinski definition) is 27. The van der Waals surface area contributed by atoms with Crippen LogP contribution in [0.3, 0.4) is 0 Å². The maximum absolute atomic E-state index is 13.3. The number of carboxylic acids is 2. The van der Waals surface area contributed by atoms with Crippen LogP contribution in [0.4, 0.5) is 0 Å². The number of thiazole rings is 1. The van der Waals surface area contributed by atoms with Crippen LogP contribution in [0.25, 0.3) is 6.08 Å². The number of hydrogen-bond acceptors (Lipinski definition) is 52. The first-order valence-electron chi connectivity index (χ1n) is 47.9. The van der Waals surface area contributed by atoms with Crippen LogP contribution in [-0.4, -0.2) is 516 Å². The van der Waals surface area contributed by atoms with Crippen LogP contribution in [0, 0.1) is 23.2 Å². The fourth-order valence-corrected chi connectivity index (χ4v) is 22.2. The molecule has 1 aromatic rings. The lowest BCUT2D eigenvalue weighted by atomic mass is 9.73. The smallest absolute Gasteiger partial charge is 0.321 e. The summed E-state index contributed by atoms with van der Waals surface area (Å²) < 4.78 is 117. The summed E-state index contributed by atoms with van der Waals surface area (Å²) in [5.74, 6) is -7.83. The first-order valence-corrected chi connectivity index (χ1v) is 52.9. The number of ketones is 3. The molecule has 53 nitrogen and oxygen atoms in total. The average Bonchev–Trinajstić information content (AvgIpc) is 1.73. The maximum atomic E-state index is 13.3. The van der Waals surface area contributed by atoms with E-state index >= 15 is 0 Å². The van der Waals surface area contributed by atoms with Crippen molar-refractivity contribution < 1.29 is 241 Å². The maximum Gasteiger partial charge on any atom is 0.321 e. The second kappa shape index (κ2) is 55.9. The molecule has 145 heavy (non-hydrogen) atoms. The number of nitrogens with zero attached hydrogens (tertiary/aromatic N) is 1. The second-order valence-electron chi connectivity index (χ2n) is 38.4. The Kier molecular flexibility index (Phi) is 47.4. The summed E-state index contributed by atoms with van der Waals surface area (Å²) in [4.78, 5) is 89.5. The molecule has 28 N–H and O–H groups in total. The van der Waals surface area contributed by atoms with Gasteiger partial charge in [-0.15, -0.1) is 11.3 Å². The van der Waals surface area contributed by atoms with Gasteiger partial charge in [0.2, 0.25) is 0 Å². The molecule has 0 spiro atoms. The van der Waals surface area contributed by atoms with Crippen molar-refractivity contribution in [3.63, 3.8) is 0 Å². The highest BCUT2D eigenvalue weighted by molar-refractivity contribution is 7.99. The number of fused-ring (bicyclic) bond motifs is 1. The topological polar surface area (TPSA) is 837 Å². The third-order valence-electron chi connectivity index (χ3n) is 27.3. The molecular formula is C88H145N4O49PS3. The largest absolute Gasteiger partial charge is 0.481 e. The van der Waals surface area contributed by atoms with Gasteiger partial charge in [-0.2, -0.15) is 23.5 Å². The minimum absolute atomic E-state index is 0.0283. The fraction of sp³-hybridized carbons (Fsp3) is 0.875. The summed E-state index contributed by atoms with van der Waals surface area (Å²) in [5, 5.41) is 266. The number of carboxylic acid groups (broad SMARTS) is 2. The summed E-state index contributed by atoms with van der Waals surface area (Å²) in [5.41, 5.74) is 5.11. The van der Waals surface area contributed by atoms with Gasteiger partial charge in [0.05, 0.1) is 132 Å². The molecule has 16 unspecified atom stereocenters. The molecule has 45 atom stereocenters. The van der Waals surface area contributed by atoms with Gasteiger partial charge >= 0.3 is 17.9 Å². The number of nitrogens with two attached hydrogens (primary N) is 1. The standard InChI is InChI=1S/C59H97NO41S2.C29H48N3O8PS/c1-19(66)3-5-86-7-8-87-6-4-21(67)9-20(51(82)83)15-102-17-28-49-35(73)42(80)58(93-28)98-47-26(13-64)89-55(38(76)31(47)69)97-46-25(12-63)92-57(41(79)34(46)72)101-50-29(18-103-16-22(60-2)52(84)85)94-59(43(81)36(50)74)99-48-27(14-65)90-54(39(77)32(48)70)95-44-23(10-61)88-53(37(75)30(44)68)96-45-24(11-62)91-56(100-49)40(78)33(45)71;1-17-8-7-9-29(6)23(40-29)13-21(39-25(34)14-22(33)28(4,5)27(36)19(3)26(17)35)18(2)12-20-16-42-24(32-20)15-31-41(37,38)11-10-30/h20,22-50,53-65,68-81H,3-18H2,1-2H3,(H,82,83)(H,84,85);12,16-17,19,21-23,26,33,35H,7-11,13-15,30H2,1-6H3,(H2,31,37,38)/b;18-12+/t20-,22-,23?,24?,25?,26?,27?,28?,29?,30-,31-,32-,33-,34-,35-,36-,37?,38?,39?,40?,41?,42?,43?,44-,45-,46-,47-,48-,49-,50-,53-,54-,55+,56-,57+,58-,59+;17-,19+,21?,22-,23-,26-,29+/m11/s1. The molecule has 23 fully saturated rings. The number of cyclic esters (lactones) is 1. The van der Waals surface area contributed by atoms with Gasteiger partial charge in [-0.3, -0.25) is 33.3 Å². The zero-order valence-electron chi connectivity index (χ0n) is 81.1. The third kappa shape index (κ3) is 31.7. The molecule has 14 bridgehead atoms. The Balaban J connectivity index is 0.000000426. The van der Waals surface area contributed by atoms with Crippen LogP contribution in [0.5, 0.6) is 0 Å². The van der Waals surface area contributed by atoms with E-state index in [9.17, 15) is 156 Å². The number of epoxide rings is 1. The predicted molar refractivity (Wildman–Crippen MR) is 493 cm³/mol. The Bertz CT molecular complexity index is 4290. The van der Waals surface area contributed by atoms with E-state index in [2.05, 4.69) is 15.4 Å². The quantitative estimate of drug-likeness (QED) is 0.0132. The van der Waals surface area contributed by atoms with Crippen molar-refractivity contribution in [2.24, 2.45) is 28.9 Å². The lowest BCUT2D eigenvalue weighted by Crippen LogP contribution is -2.68. The number of rotatable bonds is 34. The summed E-state index contributed by atoms with van der Waals surface area (Å²) in [6.45, 7) is 6.98.